The van der Waals surface area contributed by atoms with Crippen LogP contribution in [0.1, 0.15) is 36.9 Å². The lowest BCUT2D eigenvalue weighted by Crippen LogP contribution is -2.20. The summed E-state index contributed by atoms with van der Waals surface area (Å²) in [6, 6.07) is 26.6. The topological polar surface area (TPSA) is 74.1 Å². The normalized spacial score (nSPS) is 11.5. The van der Waals surface area contributed by atoms with Crippen LogP contribution in [0.25, 0.3) is 5.69 Å². The molecule has 0 saturated carbocycles. The summed E-state index contributed by atoms with van der Waals surface area (Å²) in [4.78, 5) is 0. The van der Waals surface area contributed by atoms with Gasteiger partial charge in [0.25, 0.3) is 0 Å². The van der Waals surface area contributed by atoms with Crippen LogP contribution < -0.4 is 14.8 Å². The van der Waals surface area contributed by atoms with Crippen molar-refractivity contribution in [3.05, 3.63) is 90.0 Å². The Morgan fingerprint density at radius 3 is 2.36 bits per heavy atom. The summed E-state index contributed by atoms with van der Waals surface area (Å²) in [6.45, 7) is 2.92. The van der Waals surface area contributed by atoms with E-state index in [1.807, 2.05) is 54.6 Å². The number of tetrazole rings is 1. The number of hydrogen-bond acceptors (Lipinski definition) is 6. The number of halogens is 1. The Morgan fingerprint density at radius 2 is 1.67 bits per heavy atom. The van der Waals surface area contributed by atoms with Crippen molar-refractivity contribution in [2.75, 3.05) is 7.11 Å². The van der Waals surface area contributed by atoms with Gasteiger partial charge in [0.1, 0.15) is 0 Å². The van der Waals surface area contributed by atoms with Crippen molar-refractivity contribution in [2.45, 2.75) is 32.4 Å². The second-order valence-electron chi connectivity index (χ2n) is 7.43. The SMILES string of the molecule is CCCC(NCc1ccc(Oc2nnnn2-c2ccccc2)c(OC)c1)c1ccccc1.Cl. The maximum absolute atomic E-state index is 6.00. The van der Waals surface area contributed by atoms with E-state index in [9.17, 15) is 0 Å². The van der Waals surface area contributed by atoms with E-state index in [4.69, 9.17) is 9.47 Å². The number of hydrogen-bond donors (Lipinski definition) is 1. The van der Waals surface area contributed by atoms with Crippen LogP contribution in [0.4, 0.5) is 0 Å². The van der Waals surface area contributed by atoms with Crippen LogP contribution in [0.2, 0.25) is 0 Å². The standard InChI is InChI=1S/C25H27N5O2.ClH/c1-3-10-22(20-11-6-4-7-12-20)26-18-19-15-16-23(24(17-19)31-2)32-25-27-28-29-30(25)21-13-8-5-9-14-21;/h4-9,11-17,22,26H,3,10,18H2,1-2H3;1H. The van der Waals surface area contributed by atoms with Gasteiger partial charge in [-0.1, -0.05) is 73.0 Å². The number of para-hydroxylation sites is 1. The Kier molecular flexibility index (Phi) is 8.80. The molecule has 8 heteroatoms. The van der Waals surface area contributed by atoms with Crippen molar-refractivity contribution in [1.82, 2.24) is 25.5 Å². The van der Waals surface area contributed by atoms with Gasteiger partial charge in [-0.25, -0.2) is 0 Å². The van der Waals surface area contributed by atoms with Crippen LogP contribution in [0.3, 0.4) is 0 Å². The highest BCUT2D eigenvalue weighted by Gasteiger charge is 2.15. The molecule has 172 valence electrons. The van der Waals surface area contributed by atoms with Crippen LogP contribution in [0.15, 0.2) is 78.9 Å². The molecule has 7 nitrogen and oxygen atoms in total. The zero-order chi connectivity index (χ0) is 22.2. The van der Waals surface area contributed by atoms with Gasteiger partial charge < -0.3 is 14.8 Å². The molecule has 1 aromatic heterocycles. The van der Waals surface area contributed by atoms with Gasteiger partial charge in [-0.2, -0.15) is 4.68 Å². The zero-order valence-electron chi connectivity index (χ0n) is 18.7. The molecule has 0 aliphatic carbocycles. The predicted molar refractivity (Wildman–Crippen MR) is 130 cm³/mol. The lowest BCUT2D eigenvalue weighted by molar-refractivity contribution is 0.362. The highest BCUT2D eigenvalue weighted by Crippen LogP contribution is 2.32. The molecule has 0 bridgehead atoms. The Hall–Kier alpha value is -3.42. The summed E-state index contributed by atoms with van der Waals surface area (Å²) < 4.78 is 13.1. The molecule has 33 heavy (non-hydrogen) atoms. The van der Waals surface area contributed by atoms with E-state index in [2.05, 4.69) is 52.0 Å². The third-order valence-corrected chi connectivity index (χ3v) is 5.20. The molecule has 0 saturated heterocycles. The lowest BCUT2D eigenvalue weighted by Gasteiger charge is -2.19. The molecule has 0 spiro atoms. The largest absolute Gasteiger partial charge is 0.493 e. The summed E-state index contributed by atoms with van der Waals surface area (Å²) in [5.41, 5.74) is 3.22. The smallest absolute Gasteiger partial charge is 0.346 e. The average molecular weight is 466 g/mol. The number of nitrogens with zero attached hydrogens (tertiary/aromatic N) is 4. The summed E-state index contributed by atoms with van der Waals surface area (Å²) >= 11 is 0. The van der Waals surface area contributed by atoms with Crippen LogP contribution in [0, 0.1) is 0 Å². The van der Waals surface area contributed by atoms with E-state index in [-0.39, 0.29) is 18.4 Å². The van der Waals surface area contributed by atoms with Gasteiger partial charge in [-0.05, 0) is 52.2 Å². The third-order valence-electron chi connectivity index (χ3n) is 5.20. The van der Waals surface area contributed by atoms with Gasteiger partial charge in [0.15, 0.2) is 11.5 Å². The first-order chi connectivity index (χ1) is 15.8. The minimum Gasteiger partial charge on any atom is -0.493 e. The molecule has 0 aliphatic heterocycles. The van der Waals surface area contributed by atoms with Gasteiger partial charge in [0, 0.05) is 12.6 Å². The number of nitrogens with one attached hydrogen (secondary N) is 1. The molecule has 0 fully saturated rings. The summed E-state index contributed by atoms with van der Waals surface area (Å²) in [7, 11) is 1.63. The Labute approximate surface area is 200 Å². The van der Waals surface area contributed by atoms with E-state index < -0.39 is 0 Å². The van der Waals surface area contributed by atoms with E-state index in [0.717, 1.165) is 30.6 Å². The van der Waals surface area contributed by atoms with Crippen molar-refractivity contribution >= 4 is 12.4 Å². The third kappa shape index (κ3) is 6.09. The highest BCUT2D eigenvalue weighted by atomic mass is 35.5. The summed E-state index contributed by atoms with van der Waals surface area (Å²) in [5, 5.41) is 15.5. The molecule has 3 aromatic carbocycles. The van der Waals surface area contributed by atoms with Crippen LogP contribution in [-0.4, -0.2) is 27.3 Å². The van der Waals surface area contributed by atoms with E-state index in [1.54, 1.807) is 11.8 Å². The van der Waals surface area contributed by atoms with Crippen LogP contribution in [0.5, 0.6) is 17.5 Å². The van der Waals surface area contributed by atoms with Gasteiger partial charge in [0.05, 0.1) is 12.8 Å². The molecular formula is C25H28ClN5O2. The number of benzene rings is 3. The van der Waals surface area contributed by atoms with E-state index in [0.29, 0.717) is 17.5 Å². The van der Waals surface area contributed by atoms with E-state index >= 15 is 0 Å². The van der Waals surface area contributed by atoms with Crippen LogP contribution >= 0.6 is 12.4 Å². The monoisotopic (exact) mass is 465 g/mol. The van der Waals surface area contributed by atoms with E-state index in [1.165, 1.54) is 5.56 Å². The average Bonchev–Trinajstić information content (AvgIpc) is 3.31. The number of ether oxygens (including phenoxy) is 2. The Morgan fingerprint density at radius 1 is 0.939 bits per heavy atom. The minimum absolute atomic E-state index is 0. The minimum atomic E-state index is 0. The van der Waals surface area contributed by atoms with Crippen molar-refractivity contribution in [3.8, 4) is 23.2 Å². The summed E-state index contributed by atoms with van der Waals surface area (Å²) in [6.07, 6.45) is 2.18. The Balaban J connectivity index is 0.00000306. The zero-order valence-corrected chi connectivity index (χ0v) is 19.5. The fourth-order valence-electron chi connectivity index (χ4n) is 3.58. The molecule has 4 rings (SSSR count). The molecule has 4 aromatic rings. The molecule has 0 amide bonds. The molecule has 1 N–H and O–H groups in total. The molecule has 1 atom stereocenters. The fraction of sp³-hybridized carbons (Fsp3) is 0.240. The Bertz CT molecular complexity index is 1120. The maximum atomic E-state index is 6.00. The quantitative estimate of drug-likeness (QED) is 0.332. The van der Waals surface area contributed by atoms with Gasteiger partial charge in [-0.3, -0.25) is 0 Å². The molecular weight excluding hydrogens is 438 g/mol. The van der Waals surface area contributed by atoms with Gasteiger partial charge in [-0.15, -0.1) is 12.4 Å². The maximum Gasteiger partial charge on any atom is 0.346 e. The first-order valence-electron chi connectivity index (χ1n) is 10.8. The lowest BCUT2D eigenvalue weighted by atomic mass is 10.0. The highest BCUT2D eigenvalue weighted by molar-refractivity contribution is 5.85. The molecule has 1 unspecified atom stereocenters. The molecule has 1 heterocycles. The molecule has 0 aliphatic rings. The number of rotatable bonds is 10. The summed E-state index contributed by atoms with van der Waals surface area (Å²) in [5.74, 6) is 1.18. The second-order valence-corrected chi connectivity index (χ2v) is 7.43. The van der Waals surface area contributed by atoms with Crippen LogP contribution in [-0.2, 0) is 6.54 Å². The predicted octanol–water partition coefficient (Wildman–Crippen LogP) is 5.52. The van der Waals surface area contributed by atoms with Crippen molar-refractivity contribution in [1.29, 1.82) is 0 Å². The number of methoxy groups -OCH3 is 1. The number of aromatic nitrogens is 4. The first-order valence-corrected chi connectivity index (χ1v) is 10.8. The first kappa shape index (κ1) is 24.2. The second kappa shape index (κ2) is 12.0. The van der Waals surface area contributed by atoms with Gasteiger partial charge in [0.2, 0.25) is 0 Å². The van der Waals surface area contributed by atoms with Crippen molar-refractivity contribution in [3.63, 3.8) is 0 Å². The fourth-order valence-corrected chi connectivity index (χ4v) is 3.58. The van der Waals surface area contributed by atoms with Gasteiger partial charge >= 0.3 is 6.01 Å². The van der Waals surface area contributed by atoms with Crippen molar-refractivity contribution < 1.29 is 9.47 Å². The van der Waals surface area contributed by atoms with Crippen molar-refractivity contribution in [2.24, 2.45) is 0 Å². The molecule has 0 radical (unpaired) electrons.